The minimum atomic E-state index is -0.761. The monoisotopic (exact) mass is 252 g/mol. The molecule has 0 saturated heterocycles. The number of nitrogens with zero attached hydrogens (tertiary/aromatic N) is 2. The number of ether oxygens (including phenoxy) is 1. The van der Waals surface area contributed by atoms with E-state index in [9.17, 15) is 9.59 Å². The lowest BCUT2D eigenvalue weighted by Gasteiger charge is -2.08. The van der Waals surface area contributed by atoms with Gasteiger partial charge in [-0.05, 0) is 13.0 Å². The van der Waals surface area contributed by atoms with Crippen LogP contribution in [0.3, 0.4) is 0 Å². The first-order chi connectivity index (χ1) is 8.56. The Hall–Kier alpha value is -2.15. The zero-order valence-electron chi connectivity index (χ0n) is 10.1. The molecule has 0 aromatic carbocycles. The molecule has 0 unspecified atom stereocenters. The zero-order chi connectivity index (χ0) is 13.5. The highest BCUT2D eigenvalue weighted by molar-refractivity contribution is 5.93. The van der Waals surface area contributed by atoms with Crippen molar-refractivity contribution in [3.05, 3.63) is 30.9 Å². The Kier molecular flexibility index (Phi) is 5.06. The average Bonchev–Trinajstić information content (AvgIpc) is 2.76. The van der Waals surface area contributed by atoms with Gasteiger partial charge in [-0.15, -0.1) is 0 Å². The number of esters is 1. The predicted molar refractivity (Wildman–Crippen MR) is 65.1 cm³/mol. The highest BCUT2D eigenvalue weighted by Crippen LogP contribution is 2.00. The lowest BCUT2D eigenvalue weighted by molar-refractivity contribution is -0.144. The van der Waals surface area contributed by atoms with Crippen molar-refractivity contribution in [2.75, 3.05) is 12.0 Å². The third-order valence-corrected chi connectivity index (χ3v) is 2.08. The van der Waals surface area contributed by atoms with Crippen LogP contribution in [0.15, 0.2) is 25.2 Å². The molecule has 0 fully saturated rings. The van der Waals surface area contributed by atoms with Crippen LogP contribution in [0.1, 0.15) is 12.6 Å². The summed E-state index contributed by atoms with van der Waals surface area (Å²) in [5.74, 6) is -0.823. The Labute approximate surface area is 105 Å². The zero-order valence-corrected chi connectivity index (χ0v) is 10.1. The molecule has 7 nitrogen and oxygen atoms in total. The Bertz CT molecular complexity index is 441. The molecule has 98 valence electrons. The van der Waals surface area contributed by atoms with Crippen molar-refractivity contribution in [3.8, 4) is 0 Å². The molecule has 1 rings (SSSR count). The molecule has 0 bridgehead atoms. The summed E-state index contributed by atoms with van der Waals surface area (Å²) >= 11 is 0. The van der Waals surface area contributed by atoms with Gasteiger partial charge in [-0.2, -0.15) is 0 Å². The van der Waals surface area contributed by atoms with Gasteiger partial charge in [-0.3, -0.25) is 15.0 Å². The molecule has 3 N–H and O–H groups in total. The maximum Gasteiger partial charge on any atom is 0.323 e. The number of carbonyl (C=O) groups is 2. The van der Waals surface area contributed by atoms with E-state index in [1.165, 1.54) is 11.0 Å². The molecule has 1 atom stereocenters. The van der Waals surface area contributed by atoms with Crippen LogP contribution in [0.5, 0.6) is 0 Å². The number of rotatable bonds is 6. The predicted octanol–water partition coefficient (Wildman–Crippen LogP) is -0.428. The minimum Gasteiger partial charge on any atom is -0.465 e. The van der Waals surface area contributed by atoms with E-state index in [0.717, 1.165) is 6.08 Å². The Balaban J connectivity index is 2.55. The molecule has 0 aliphatic rings. The normalized spacial score (nSPS) is 11.7. The van der Waals surface area contributed by atoms with E-state index in [1.807, 2.05) is 0 Å². The van der Waals surface area contributed by atoms with Gasteiger partial charge in [0.2, 0.25) is 0 Å². The van der Waals surface area contributed by atoms with Crippen LogP contribution in [0.4, 0.5) is 0 Å². The van der Waals surface area contributed by atoms with Gasteiger partial charge in [0, 0.05) is 12.6 Å². The van der Waals surface area contributed by atoms with Crippen molar-refractivity contribution >= 4 is 11.9 Å². The van der Waals surface area contributed by atoms with Crippen molar-refractivity contribution in [1.82, 2.24) is 9.66 Å². The van der Waals surface area contributed by atoms with E-state index >= 15 is 0 Å². The Morgan fingerprint density at radius 1 is 1.72 bits per heavy atom. The number of aromatic nitrogens is 2. The summed E-state index contributed by atoms with van der Waals surface area (Å²) in [6.45, 7) is 5.33. The van der Waals surface area contributed by atoms with Crippen LogP contribution in [0, 0.1) is 0 Å². The third-order valence-electron chi connectivity index (χ3n) is 2.08. The van der Waals surface area contributed by atoms with Gasteiger partial charge in [-0.1, -0.05) is 6.58 Å². The molecular weight excluding hydrogens is 236 g/mol. The number of amides is 1. The van der Waals surface area contributed by atoms with E-state index < -0.39 is 12.0 Å². The van der Waals surface area contributed by atoms with Crippen LogP contribution in [0.25, 0.3) is 0 Å². The number of hydrogen-bond donors (Lipinski definition) is 2. The fourth-order valence-corrected chi connectivity index (χ4v) is 1.26. The largest absolute Gasteiger partial charge is 0.465 e. The standard InChI is InChI=1S/C11H16N4O3/c1-3-10(16)14-15-6-8(13-7-15)5-9(12)11(17)18-4-2/h3,6-7,9H,1,4-5,12H2,2H3,(H,14,16)/t9-/m0/s1. The number of nitrogens with one attached hydrogen (secondary N) is 1. The van der Waals surface area contributed by atoms with Crippen LogP contribution < -0.4 is 11.2 Å². The van der Waals surface area contributed by atoms with E-state index in [-0.39, 0.29) is 18.9 Å². The third kappa shape index (κ3) is 4.02. The van der Waals surface area contributed by atoms with Gasteiger partial charge in [0.15, 0.2) is 0 Å². The SMILES string of the molecule is C=CC(=O)Nn1cnc(C[C@H](N)C(=O)OCC)c1. The van der Waals surface area contributed by atoms with E-state index in [4.69, 9.17) is 10.5 Å². The van der Waals surface area contributed by atoms with Crippen LogP contribution in [-0.2, 0) is 20.7 Å². The number of nitrogens with two attached hydrogens (primary N) is 1. The number of hydrogen-bond acceptors (Lipinski definition) is 5. The summed E-state index contributed by atoms with van der Waals surface area (Å²) in [6.07, 6.45) is 4.37. The van der Waals surface area contributed by atoms with Crippen LogP contribution in [0.2, 0.25) is 0 Å². The van der Waals surface area contributed by atoms with Crippen molar-refractivity contribution in [2.45, 2.75) is 19.4 Å². The molecule has 1 aromatic rings. The summed E-state index contributed by atoms with van der Waals surface area (Å²) in [5, 5.41) is 0. The summed E-state index contributed by atoms with van der Waals surface area (Å²) in [5.41, 5.74) is 8.71. The van der Waals surface area contributed by atoms with Crippen LogP contribution >= 0.6 is 0 Å². The lowest BCUT2D eigenvalue weighted by atomic mass is 10.2. The van der Waals surface area contributed by atoms with E-state index in [0.29, 0.717) is 5.69 Å². The quantitative estimate of drug-likeness (QED) is 0.529. The topological polar surface area (TPSA) is 99.2 Å². The van der Waals surface area contributed by atoms with Crippen molar-refractivity contribution in [3.63, 3.8) is 0 Å². The second kappa shape index (κ2) is 6.55. The lowest BCUT2D eigenvalue weighted by Crippen LogP contribution is -2.34. The molecule has 1 heterocycles. The Morgan fingerprint density at radius 3 is 3.06 bits per heavy atom. The maximum atomic E-state index is 11.3. The summed E-state index contributed by atoms with van der Waals surface area (Å²) in [6, 6.07) is -0.761. The Morgan fingerprint density at radius 2 is 2.44 bits per heavy atom. The first kappa shape index (κ1) is 13.9. The van der Waals surface area contributed by atoms with Gasteiger partial charge in [-0.25, -0.2) is 9.66 Å². The van der Waals surface area contributed by atoms with Gasteiger partial charge in [0.05, 0.1) is 12.3 Å². The van der Waals surface area contributed by atoms with Crippen molar-refractivity contribution < 1.29 is 14.3 Å². The molecule has 0 radical (unpaired) electrons. The van der Waals surface area contributed by atoms with Gasteiger partial charge in [0.1, 0.15) is 12.4 Å². The first-order valence-electron chi connectivity index (χ1n) is 5.45. The molecule has 0 spiro atoms. The van der Waals surface area contributed by atoms with Gasteiger partial charge in [0.25, 0.3) is 5.91 Å². The highest BCUT2D eigenvalue weighted by atomic mass is 16.5. The summed E-state index contributed by atoms with van der Waals surface area (Å²) in [7, 11) is 0. The highest BCUT2D eigenvalue weighted by Gasteiger charge is 2.16. The fraction of sp³-hybridized carbons (Fsp3) is 0.364. The smallest absolute Gasteiger partial charge is 0.323 e. The first-order valence-corrected chi connectivity index (χ1v) is 5.45. The minimum absolute atomic E-state index is 0.246. The number of carbonyl (C=O) groups excluding carboxylic acids is 2. The molecule has 0 saturated carbocycles. The number of imidazole rings is 1. The fourth-order valence-electron chi connectivity index (χ4n) is 1.26. The molecule has 18 heavy (non-hydrogen) atoms. The van der Waals surface area contributed by atoms with E-state index in [2.05, 4.69) is 17.0 Å². The molecule has 0 aliphatic heterocycles. The second-order valence-corrected chi connectivity index (χ2v) is 3.52. The van der Waals surface area contributed by atoms with Gasteiger partial charge < -0.3 is 10.5 Å². The second-order valence-electron chi connectivity index (χ2n) is 3.52. The molecular formula is C11H16N4O3. The molecule has 1 aromatic heterocycles. The summed E-state index contributed by atoms with van der Waals surface area (Å²) in [4.78, 5) is 26.4. The molecule has 0 aliphatic carbocycles. The van der Waals surface area contributed by atoms with Crippen molar-refractivity contribution in [1.29, 1.82) is 0 Å². The van der Waals surface area contributed by atoms with Gasteiger partial charge >= 0.3 is 5.97 Å². The molecule has 7 heteroatoms. The van der Waals surface area contributed by atoms with Crippen molar-refractivity contribution in [2.24, 2.45) is 5.73 Å². The van der Waals surface area contributed by atoms with E-state index in [1.54, 1.807) is 13.1 Å². The summed E-state index contributed by atoms with van der Waals surface area (Å²) < 4.78 is 6.16. The average molecular weight is 252 g/mol. The van der Waals surface area contributed by atoms with Crippen LogP contribution in [-0.4, -0.2) is 34.2 Å². The maximum absolute atomic E-state index is 11.3. The molecule has 1 amide bonds.